The fourth-order valence-electron chi connectivity index (χ4n) is 13.4. The maximum atomic E-state index is 14.0. The van der Waals surface area contributed by atoms with Crippen molar-refractivity contribution in [1.82, 2.24) is 9.15 Å². The van der Waals surface area contributed by atoms with Crippen molar-refractivity contribution in [3.05, 3.63) is 180 Å². The predicted octanol–water partition coefficient (Wildman–Crippen LogP) is 8.57. The van der Waals surface area contributed by atoms with Crippen LogP contribution >= 0.6 is 0 Å². The van der Waals surface area contributed by atoms with E-state index in [-0.39, 0.29) is 59.0 Å². The highest BCUT2D eigenvalue weighted by Crippen LogP contribution is 2.45. The first-order valence-corrected chi connectivity index (χ1v) is 32.5. The highest BCUT2D eigenvalue weighted by Gasteiger charge is 2.39. The van der Waals surface area contributed by atoms with E-state index in [1.807, 2.05) is 94.4 Å². The molecule has 0 saturated carbocycles. The van der Waals surface area contributed by atoms with Gasteiger partial charge in [0.15, 0.2) is 19.0 Å². The van der Waals surface area contributed by atoms with Gasteiger partial charge in [-0.3, -0.25) is 24.0 Å². The first-order chi connectivity index (χ1) is 47.9. The molecule has 6 heterocycles. The van der Waals surface area contributed by atoms with Crippen molar-refractivity contribution in [2.75, 3.05) is 122 Å². The van der Waals surface area contributed by atoms with E-state index in [0.717, 1.165) is 99.0 Å². The summed E-state index contributed by atoms with van der Waals surface area (Å²) in [6.45, 7) is 2.86. The van der Waals surface area contributed by atoms with Crippen molar-refractivity contribution >= 4 is 97.7 Å². The summed E-state index contributed by atoms with van der Waals surface area (Å²) < 4.78 is 30.0. The van der Waals surface area contributed by atoms with E-state index in [9.17, 15) is 59.1 Å². The molecular weight excluding hydrogens is 1270 g/mol. The molecule has 0 aromatic heterocycles. The number of hydrogen-bond acceptors (Lipinski definition) is 15. The smallest absolute Gasteiger partial charge is 0.336 e. The molecule has 6 aliphatic heterocycles. The third-order valence-corrected chi connectivity index (χ3v) is 18.7. The standard InChI is InChI=1S/C75H66N8O16/c1-78(40-67(84)85)59-22-12-45(76-72(90)43-36-81(37-43)49-16-20-57-63(34-49)98-61-32-47(79-24-6-25-79)14-18-55(61)70(57)51-8-2-4-10-53(51)74(92)93)30-65(59)96-28-29-97-66-31-46(13-23-60(66)83(41-68(86)87)42-69(88)89)77-73(91)44-38-82(39-44)50-17-21-58-64(35-50)99-62-33-48(80-26-7-27-80)15-19-56(62)71(58)52-9-3-5-11-54(52)75(94)95/h2-5,8-23,30-35,43-44H,6-7,24-29,36-42H2,1H3,(H5-2,76,77,84,85,86,87,88,89,90,91,92,93,94,95)/p+2. The number of carboxylic acids is 5. The van der Waals surface area contributed by atoms with Crippen molar-refractivity contribution in [2.45, 2.75) is 12.8 Å². The van der Waals surface area contributed by atoms with Gasteiger partial charge in [-0.05, 0) is 90.3 Å². The van der Waals surface area contributed by atoms with Gasteiger partial charge in [-0.2, -0.15) is 0 Å². The Hall–Kier alpha value is -12.2. The normalized spacial score (nSPS) is 15.0. The number of carbonyl (C=O) groups excluding carboxylic acids is 2. The first-order valence-electron chi connectivity index (χ1n) is 32.5. The number of carboxylic acid groups (broad SMARTS) is 5. The van der Waals surface area contributed by atoms with Gasteiger partial charge in [-0.1, -0.05) is 36.4 Å². The second-order valence-corrected chi connectivity index (χ2v) is 25.2. The van der Waals surface area contributed by atoms with Crippen molar-refractivity contribution in [1.29, 1.82) is 0 Å². The zero-order valence-corrected chi connectivity index (χ0v) is 53.7. The zero-order valence-electron chi connectivity index (χ0n) is 53.7. The lowest BCUT2D eigenvalue weighted by Gasteiger charge is -2.40. The molecule has 6 aromatic rings. The molecule has 99 heavy (non-hydrogen) atoms. The predicted molar refractivity (Wildman–Crippen MR) is 371 cm³/mol. The number of likely N-dealkylation sites (N-methyl/N-ethyl adjacent to an activating group) is 1. The summed E-state index contributed by atoms with van der Waals surface area (Å²) in [5, 5.41) is 59.2. The maximum Gasteiger partial charge on any atom is 0.336 e. The average molecular weight is 1340 g/mol. The lowest BCUT2D eigenvalue weighted by molar-refractivity contribution is -0.137. The molecule has 4 fully saturated rings. The molecule has 2 aliphatic carbocycles. The van der Waals surface area contributed by atoms with Gasteiger partial charge in [-0.15, -0.1) is 0 Å². The number of amides is 2. The molecule has 0 spiro atoms. The number of ether oxygens (including phenoxy) is 2. The van der Waals surface area contributed by atoms with E-state index >= 15 is 0 Å². The summed E-state index contributed by atoms with van der Waals surface area (Å²) in [6.07, 6.45) is 2.18. The van der Waals surface area contributed by atoms with E-state index in [0.29, 0.717) is 71.4 Å². The number of nitrogens with zero attached hydrogens (tertiary/aromatic N) is 6. The molecule has 4 saturated heterocycles. The monoisotopic (exact) mass is 1340 g/mol. The van der Waals surface area contributed by atoms with Gasteiger partial charge in [0.2, 0.25) is 22.5 Å². The van der Waals surface area contributed by atoms with Crippen LogP contribution in [0.25, 0.3) is 66.8 Å². The number of benzene rings is 8. The second-order valence-electron chi connectivity index (χ2n) is 25.2. The molecule has 0 atom stereocenters. The lowest BCUT2D eigenvalue weighted by atomic mass is 9.90. The van der Waals surface area contributed by atoms with Crippen LogP contribution in [-0.2, 0) is 24.0 Å². The topological polar surface area (TPSA) is 308 Å². The van der Waals surface area contributed by atoms with Crippen LogP contribution in [0, 0.1) is 11.8 Å². The van der Waals surface area contributed by atoms with E-state index in [4.69, 9.17) is 18.3 Å². The molecule has 2 amide bonds. The van der Waals surface area contributed by atoms with Gasteiger partial charge in [-0.25, -0.2) is 18.7 Å². The second kappa shape index (κ2) is 26.8. The molecule has 6 aromatic carbocycles. The minimum atomic E-state index is -1.31. The summed E-state index contributed by atoms with van der Waals surface area (Å²) in [7, 11) is 1.57. The third-order valence-electron chi connectivity index (χ3n) is 18.7. The number of fused-ring (bicyclic) bond motifs is 4. The molecule has 0 unspecified atom stereocenters. The summed E-state index contributed by atoms with van der Waals surface area (Å²) in [6, 6.07) is 46.5. The number of aromatic carboxylic acids is 2. The van der Waals surface area contributed by atoms with Gasteiger partial charge in [0.05, 0.1) is 47.0 Å². The molecule has 8 aliphatic rings. The molecule has 24 heteroatoms. The summed E-state index contributed by atoms with van der Waals surface area (Å²) in [5.74, 6) is -6.00. The Bertz CT molecular complexity index is 5020. The quantitative estimate of drug-likeness (QED) is 0.0179. The highest BCUT2D eigenvalue weighted by atomic mass is 16.5. The van der Waals surface area contributed by atoms with Gasteiger partial charge in [0.1, 0.15) is 80.1 Å². The first kappa shape index (κ1) is 64.1. The van der Waals surface area contributed by atoms with Crippen molar-refractivity contribution in [2.24, 2.45) is 11.8 Å². The van der Waals surface area contributed by atoms with E-state index in [1.165, 1.54) is 23.1 Å². The average Bonchev–Trinajstić information content (AvgIpc) is 0.746. The number of carbonyl (C=O) groups is 7. The van der Waals surface area contributed by atoms with Crippen LogP contribution in [0.4, 0.5) is 34.1 Å². The van der Waals surface area contributed by atoms with Gasteiger partial charge >= 0.3 is 29.8 Å². The SMILES string of the molecule is CN(CC(=O)O)c1ccc(NC(=O)C2C[N+](=c3ccc4c(-c5ccccc5C(=O)O)c5ccc(N6CCC6)cc5oc-4c3)C2)cc1OCCOc1cc(NC(=O)C2CN(c3ccc4c(-c5ccccc5C(=O)O)c5ccc(=[N+]6CCC6)cc-5oc4c3)C2)ccc1N(CC(=O)O)CC(=O)O. The van der Waals surface area contributed by atoms with E-state index < -0.39 is 61.3 Å². The Labute approximate surface area is 565 Å². The van der Waals surface area contributed by atoms with Crippen LogP contribution < -0.4 is 59.6 Å². The molecule has 7 N–H and O–H groups in total. The Balaban J connectivity index is 0.665. The van der Waals surface area contributed by atoms with Crippen LogP contribution in [0.3, 0.4) is 0 Å². The highest BCUT2D eigenvalue weighted by molar-refractivity contribution is 6.10. The van der Waals surface area contributed by atoms with Gasteiger partial charge < -0.3 is 74.1 Å². The molecule has 14 rings (SSSR count). The summed E-state index contributed by atoms with van der Waals surface area (Å²) in [5.41, 5.74) is 8.44. The van der Waals surface area contributed by atoms with Gasteiger partial charge in [0.25, 0.3) is 0 Å². The zero-order chi connectivity index (χ0) is 68.8. The number of hydrogen-bond donors (Lipinski definition) is 7. The van der Waals surface area contributed by atoms with Crippen LogP contribution in [0.15, 0.2) is 167 Å². The largest absolute Gasteiger partial charge is 0.488 e. The fourth-order valence-corrected chi connectivity index (χ4v) is 13.4. The Morgan fingerprint density at radius 3 is 1.47 bits per heavy atom. The minimum absolute atomic E-state index is 0.0247. The summed E-state index contributed by atoms with van der Waals surface area (Å²) in [4.78, 5) is 96.0. The molecule has 24 nitrogen and oxygen atoms in total. The molecular formula is C75H68N8O16+2. The van der Waals surface area contributed by atoms with Crippen LogP contribution in [0.5, 0.6) is 11.5 Å². The molecule has 502 valence electrons. The van der Waals surface area contributed by atoms with E-state index in [2.05, 4.69) is 20.1 Å². The molecule has 0 radical (unpaired) electrons. The molecule has 0 bridgehead atoms. The van der Waals surface area contributed by atoms with Crippen molar-refractivity contribution in [3.8, 4) is 56.4 Å². The fraction of sp³-hybridized carbons (Fsp3) is 0.240. The number of nitrogens with one attached hydrogen (secondary N) is 2. The Morgan fingerprint density at radius 2 is 0.990 bits per heavy atom. The van der Waals surface area contributed by atoms with Gasteiger partial charge in [0, 0.05) is 125 Å². The van der Waals surface area contributed by atoms with Crippen LogP contribution in [0.2, 0.25) is 0 Å². The van der Waals surface area contributed by atoms with Crippen molar-refractivity contribution in [3.63, 3.8) is 0 Å². The minimum Gasteiger partial charge on any atom is -0.488 e. The Morgan fingerprint density at radius 1 is 0.505 bits per heavy atom. The number of anilines is 6. The third kappa shape index (κ3) is 13.1. The lowest BCUT2D eigenvalue weighted by Crippen LogP contribution is -2.53. The van der Waals surface area contributed by atoms with Crippen LogP contribution in [0.1, 0.15) is 33.6 Å². The Kier molecular flexibility index (Phi) is 17.3. The van der Waals surface area contributed by atoms with Crippen molar-refractivity contribution < 1.29 is 77.4 Å². The number of rotatable bonds is 23. The maximum absolute atomic E-state index is 14.0. The van der Waals surface area contributed by atoms with E-state index in [1.54, 1.807) is 61.6 Å². The van der Waals surface area contributed by atoms with Crippen LogP contribution in [-0.4, -0.2) is 159 Å². The number of aliphatic carboxylic acids is 3. The summed E-state index contributed by atoms with van der Waals surface area (Å²) >= 11 is 0.